The number of carbonyl (C=O) groups excluding carboxylic acids is 1. The summed E-state index contributed by atoms with van der Waals surface area (Å²) in [6.45, 7) is 3.76. The van der Waals surface area contributed by atoms with E-state index in [9.17, 15) is 4.79 Å². The number of carbonyl (C=O) groups is 1. The number of aromatic nitrogens is 1. The largest absolute Gasteiger partial charge is 0.295 e. The monoisotopic (exact) mass is 213 g/mol. The van der Waals surface area contributed by atoms with Gasteiger partial charge in [-0.25, -0.2) is 0 Å². The molecule has 0 saturated heterocycles. The molecule has 0 fully saturated rings. The number of rotatable bonds is 2. The fourth-order valence-electron chi connectivity index (χ4n) is 1.98. The molecule has 0 aliphatic heterocycles. The molecule has 2 heteroatoms. The van der Waals surface area contributed by atoms with E-state index in [1.807, 2.05) is 24.4 Å². The van der Waals surface area contributed by atoms with Crippen molar-refractivity contribution in [3.63, 3.8) is 0 Å². The van der Waals surface area contributed by atoms with Crippen LogP contribution in [0, 0.1) is 5.92 Å². The van der Waals surface area contributed by atoms with E-state index in [1.165, 1.54) is 0 Å². The van der Waals surface area contributed by atoms with Gasteiger partial charge in [0.2, 0.25) is 0 Å². The maximum atomic E-state index is 11.3. The van der Waals surface area contributed by atoms with E-state index in [-0.39, 0.29) is 11.7 Å². The van der Waals surface area contributed by atoms with E-state index in [1.54, 1.807) is 13.1 Å². The highest BCUT2D eigenvalue weighted by Gasteiger charge is 2.20. The molecule has 16 heavy (non-hydrogen) atoms. The molecule has 1 aromatic heterocycles. The lowest BCUT2D eigenvalue weighted by molar-refractivity contribution is -0.113. The summed E-state index contributed by atoms with van der Waals surface area (Å²) in [6, 6.07) is 3.99. The first-order valence-corrected chi connectivity index (χ1v) is 5.49. The SMILES string of the molecule is CC(=O)C1=CC(c2cccnc2)C(C)C=C1. The molecule has 1 heterocycles. The number of Topliss-reactive ketones (excluding diaryl/α,β-unsaturated/α-hetero) is 1. The zero-order chi connectivity index (χ0) is 11.5. The quantitative estimate of drug-likeness (QED) is 0.756. The molecule has 0 amide bonds. The Kier molecular flexibility index (Phi) is 3.00. The lowest BCUT2D eigenvalue weighted by Crippen LogP contribution is -2.11. The van der Waals surface area contributed by atoms with E-state index < -0.39 is 0 Å². The summed E-state index contributed by atoms with van der Waals surface area (Å²) in [5.41, 5.74) is 1.96. The number of hydrogen-bond donors (Lipinski definition) is 0. The summed E-state index contributed by atoms with van der Waals surface area (Å²) in [6.07, 6.45) is 9.69. The predicted molar refractivity (Wildman–Crippen MR) is 64.0 cm³/mol. The van der Waals surface area contributed by atoms with Crippen LogP contribution in [0.25, 0.3) is 0 Å². The highest BCUT2D eigenvalue weighted by atomic mass is 16.1. The van der Waals surface area contributed by atoms with Gasteiger partial charge in [0.15, 0.2) is 5.78 Å². The lowest BCUT2D eigenvalue weighted by atomic mass is 9.82. The van der Waals surface area contributed by atoms with Crippen molar-refractivity contribution >= 4 is 5.78 Å². The van der Waals surface area contributed by atoms with Crippen molar-refractivity contribution in [1.82, 2.24) is 4.98 Å². The van der Waals surface area contributed by atoms with E-state index in [2.05, 4.69) is 24.1 Å². The normalized spacial score (nSPS) is 24.0. The van der Waals surface area contributed by atoms with Crippen LogP contribution in [0.1, 0.15) is 25.3 Å². The molecule has 0 aromatic carbocycles. The molecule has 1 aliphatic carbocycles. The maximum Gasteiger partial charge on any atom is 0.159 e. The molecule has 82 valence electrons. The average molecular weight is 213 g/mol. The van der Waals surface area contributed by atoms with Gasteiger partial charge in [-0.15, -0.1) is 0 Å². The van der Waals surface area contributed by atoms with Crippen LogP contribution >= 0.6 is 0 Å². The van der Waals surface area contributed by atoms with Crippen LogP contribution in [-0.4, -0.2) is 10.8 Å². The third-order valence-corrected chi connectivity index (χ3v) is 2.98. The molecule has 1 aliphatic rings. The topological polar surface area (TPSA) is 30.0 Å². The van der Waals surface area contributed by atoms with Gasteiger partial charge in [0.05, 0.1) is 0 Å². The fourth-order valence-corrected chi connectivity index (χ4v) is 1.98. The van der Waals surface area contributed by atoms with E-state index in [4.69, 9.17) is 0 Å². The first-order chi connectivity index (χ1) is 7.68. The van der Waals surface area contributed by atoms with Gasteiger partial charge in [-0.3, -0.25) is 9.78 Å². The number of pyridine rings is 1. The summed E-state index contributed by atoms with van der Waals surface area (Å²) in [5.74, 6) is 0.793. The Morgan fingerprint density at radius 3 is 2.88 bits per heavy atom. The number of hydrogen-bond acceptors (Lipinski definition) is 2. The van der Waals surface area contributed by atoms with Crippen molar-refractivity contribution < 1.29 is 4.79 Å². The zero-order valence-electron chi connectivity index (χ0n) is 9.55. The summed E-state index contributed by atoms with van der Waals surface area (Å²) >= 11 is 0. The van der Waals surface area contributed by atoms with Crippen LogP contribution in [0.2, 0.25) is 0 Å². The molecule has 0 radical (unpaired) electrons. The molecular formula is C14H15NO. The van der Waals surface area contributed by atoms with E-state index >= 15 is 0 Å². The first kappa shape index (κ1) is 10.8. The molecule has 0 spiro atoms. The third kappa shape index (κ3) is 2.11. The Labute approximate surface area is 95.7 Å². The van der Waals surface area contributed by atoms with Crippen LogP contribution in [0.4, 0.5) is 0 Å². The van der Waals surface area contributed by atoms with Crippen molar-refractivity contribution in [2.75, 3.05) is 0 Å². The lowest BCUT2D eigenvalue weighted by Gasteiger charge is -2.22. The zero-order valence-corrected chi connectivity index (χ0v) is 9.55. The summed E-state index contributed by atoms with van der Waals surface area (Å²) in [7, 11) is 0. The standard InChI is InChI=1S/C14H15NO/c1-10-5-6-12(11(2)16)8-14(10)13-4-3-7-15-9-13/h3-10,14H,1-2H3. The van der Waals surface area contributed by atoms with Gasteiger partial charge >= 0.3 is 0 Å². The second kappa shape index (κ2) is 4.44. The summed E-state index contributed by atoms with van der Waals surface area (Å²) in [4.78, 5) is 15.5. The minimum absolute atomic E-state index is 0.122. The molecule has 1 aromatic rings. The van der Waals surface area contributed by atoms with Crippen LogP contribution in [0.5, 0.6) is 0 Å². The Bertz CT molecular complexity index is 445. The second-order valence-electron chi connectivity index (χ2n) is 4.21. The number of allylic oxidation sites excluding steroid dienone is 4. The molecule has 2 atom stereocenters. The Morgan fingerprint density at radius 1 is 1.44 bits per heavy atom. The fraction of sp³-hybridized carbons (Fsp3) is 0.286. The van der Waals surface area contributed by atoms with Crippen molar-refractivity contribution in [3.05, 3.63) is 53.9 Å². The third-order valence-electron chi connectivity index (χ3n) is 2.98. The van der Waals surface area contributed by atoms with Gasteiger partial charge in [-0.05, 0) is 24.5 Å². The van der Waals surface area contributed by atoms with Gasteiger partial charge in [0.25, 0.3) is 0 Å². The Balaban J connectivity index is 2.34. The Hall–Kier alpha value is -1.70. The van der Waals surface area contributed by atoms with E-state index in [0.717, 1.165) is 11.1 Å². The van der Waals surface area contributed by atoms with Gasteiger partial charge in [0, 0.05) is 23.9 Å². The minimum Gasteiger partial charge on any atom is -0.295 e. The average Bonchev–Trinajstić information content (AvgIpc) is 2.30. The molecule has 0 bridgehead atoms. The van der Waals surface area contributed by atoms with Crippen molar-refractivity contribution in [2.24, 2.45) is 5.92 Å². The van der Waals surface area contributed by atoms with Crippen molar-refractivity contribution in [1.29, 1.82) is 0 Å². The van der Waals surface area contributed by atoms with Gasteiger partial charge in [0.1, 0.15) is 0 Å². The van der Waals surface area contributed by atoms with Gasteiger partial charge < -0.3 is 0 Å². The van der Waals surface area contributed by atoms with Crippen LogP contribution in [-0.2, 0) is 4.79 Å². The molecule has 2 unspecified atom stereocenters. The molecule has 2 nitrogen and oxygen atoms in total. The molecule has 0 N–H and O–H groups in total. The molecule has 2 rings (SSSR count). The Morgan fingerprint density at radius 2 is 2.25 bits per heavy atom. The minimum atomic E-state index is 0.122. The van der Waals surface area contributed by atoms with E-state index in [0.29, 0.717) is 5.92 Å². The van der Waals surface area contributed by atoms with Crippen LogP contribution in [0.15, 0.2) is 48.3 Å². The number of ketones is 1. The molecular weight excluding hydrogens is 198 g/mol. The van der Waals surface area contributed by atoms with Crippen LogP contribution in [0.3, 0.4) is 0 Å². The van der Waals surface area contributed by atoms with Crippen molar-refractivity contribution in [2.45, 2.75) is 19.8 Å². The van der Waals surface area contributed by atoms with Gasteiger partial charge in [-0.2, -0.15) is 0 Å². The van der Waals surface area contributed by atoms with Crippen molar-refractivity contribution in [3.8, 4) is 0 Å². The summed E-state index contributed by atoms with van der Waals surface area (Å²) in [5, 5.41) is 0. The van der Waals surface area contributed by atoms with Crippen LogP contribution < -0.4 is 0 Å². The summed E-state index contributed by atoms with van der Waals surface area (Å²) < 4.78 is 0. The highest BCUT2D eigenvalue weighted by molar-refractivity contribution is 5.96. The second-order valence-corrected chi connectivity index (χ2v) is 4.21. The maximum absolute atomic E-state index is 11.3. The predicted octanol–water partition coefficient (Wildman–Crippen LogP) is 2.89. The van der Waals surface area contributed by atoms with Gasteiger partial charge in [-0.1, -0.05) is 31.2 Å². The smallest absolute Gasteiger partial charge is 0.159 e. The molecule has 0 saturated carbocycles. The first-order valence-electron chi connectivity index (χ1n) is 5.49. The highest BCUT2D eigenvalue weighted by Crippen LogP contribution is 2.31. The number of nitrogens with zero attached hydrogens (tertiary/aromatic N) is 1.